The summed E-state index contributed by atoms with van der Waals surface area (Å²) in [7, 11) is 0. The van der Waals surface area contributed by atoms with Crippen LogP contribution in [0.25, 0.3) is 0 Å². The van der Waals surface area contributed by atoms with Crippen LogP contribution in [0.2, 0.25) is 0 Å². The summed E-state index contributed by atoms with van der Waals surface area (Å²) in [5.74, 6) is 5.16. The molecule has 0 saturated heterocycles. The molecular formula is C28H22O5. The van der Waals surface area contributed by atoms with E-state index < -0.39 is 30.3 Å². The van der Waals surface area contributed by atoms with Gasteiger partial charge in [-0.25, -0.2) is 9.59 Å². The van der Waals surface area contributed by atoms with Gasteiger partial charge in [-0.15, -0.1) is 0 Å². The van der Waals surface area contributed by atoms with Crippen molar-refractivity contribution in [2.24, 2.45) is 0 Å². The molecule has 4 rings (SSSR count). The summed E-state index contributed by atoms with van der Waals surface area (Å²) in [6.45, 7) is -0.0890. The first-order chi connectivity index (χ1) is 16.2. The van der Waals surface area contributed by atoms with Crippen molar-refractivity contribution in [3.63, 3.8) is 0 Å². The number of hydrogen-bond donors (Lipinski definition) is 0. The molecule has 1 aliphatic heterocycles. The van der Waals surface area contributed by atoms with E-state index in [1.807, 2.05) is 42.5 Å². The van der Waals surface area contributed by atoms with Crippen LogP contribution in [0.5, 0.6) is 0 Å². The summed E-state index contributed by atoms with van der Waals surface area (Å²) < 4.78 is 17.1. The summed E-state index contributed by atoms with van der Waals surface area (Å²) in [6.07, 6.45) is 1.52. The fourth-order valence-corrected chi connectivity index (χ4v) is 3.23. The minimum absolute atomic E-state index is 0.0890. The lowest BCUT2D eigenvalue weighted by atomic mass is 10.1. The highest BCUT2D eigenvalue weighted by Gasteiger charge is 2.31. The quantitative estimate of drug-likeness (QED) is 0.335. The lowest BCUT2D eigenvalue weighted by molar-refractivity contribution is -0.0762. The van der Waals surface area contributed by atoms with Gasteiger partial charge in [0.15, 0.2) is 0 Å². The molecule has 0 bridgehead atoms. The summed E-state index contributed by atoms with van der Waals surface area (Å²) in [6, 6.07) is 26.9. The van der Waals surface area contributed by atoms with Crippen molar-refractivity contribution in [3.8, 4) is 11.8 Å². The fraction of sp³-hybridized carbons (Fsp3) is 0.143. The molecular weight excluding hydrogens is 416 g/mol. The zero-order valence-corrected chi connectivity index (χ0v) is 17.8. The molecule has 33 heavy (non-hydrogen) atoms. The van der Waals surface area contributed by atoms with Crippen molar-refractivity contribution in [1.82, 2.24) is 0 Å². The number of carbonyl (C=O) groups is 2. The van der Waals surface area contributed by atoms with E-state index in [9.17, 15) is 9.59 Å². The van der Waals surface area contributed by atoms with Crippen molar-refractivity contribution in [2.45, 2.75) is 18.3 Å². The SMILES string of the molecule is O=C(OC[C@H]1O[C@H](C#Cc2ccccc2)C=C[C@@H]1OC(=O)c1ccccc1)c1ccccc1. The van der Waals surface area contributed by atoms with Gasteiger partial charge in [0, 0.05) is 5.56 Å². The van der Waals surface area contributed by atoms with Crippen LogP contribution in [-0.4, -0.2) is 36.9 Å². The van der Waals surface area contributed by atoms with Gasteiger partial charge < -0.3 is 14.2 Å². The third-order valence-corrected chi connectivity index (χ3v) is 4.94. The fourth-order valence-electron chi connectivity index (χ4n) is 3.23. The van der Waals surface area contributed by atoms with Gasteiger partial charge in [0.05, 0.1) is 11.1 Å². The number of rotatable bonds is 5. The highest BCUT2D eigenvalue weighted by molar-refractivity contribution is 5.90. The molecule has 5 heteroatoms. The predicted molar refractivity (Wildman–Crippen MR) is 123 cm³/mol. The average molecular weight is 438 g/mol. The molecule has 1 heterocycles. The van der Waals surface area contributed by atoms with E-state index in [0.29, 0.717) is 11.1 Å². The molecule has 5 nitrogen and oxygen atoms in total. The van der Waals surface area contributed by atoms with Crippen molar-refractivity contribution in [1.29, 1.82) is 0 Å². The maximum atomic E-state index is 12.6. The van der Waals surface area contributed by atoms with Crippen LogP contribution in [0.1, 0.15) is 26.3 Å². The van der Waals surface area contributed by atoms with E-state index in [1.54, 1.807) is 60.7 Å². The number of esters is 2. The van der Waals surface area contributed by atoms with Gasteiger partial charge in [0.1, 0.15) is 24.9 Å². The van der Waals surface area contributed by atoms with E-state index in [1.165, 1.54) is 0 Å². The van der Waals surface area contributed by atoms with Gasteiger partial charge in [-0.1, -0.05) is 66.4 Å². The third kappa shape index (κ3) is 6.19. The number of carbonyl (C=O) groups excluding carboxylic acids is 2. The normalized spacial score (nSPS) is 19.1. The highest BCUT2D eigenvalue weighted by atomic mass is 16.6. The van der Waals surface area contributed by atoms with Crippen LogP contribution >= 0.6 is 0 Å². The van der Waals surface area contributed by atoms with Crippen LogP contribution < -0.4 is 0 Å². The smallest absolute Gasteiger partial charge is 0.338 e. The van der Waals surface area contributed by atoms with Crippen LogP contribution in [0.4, 0.5) is 0 Å². The first-order valence-electron chi connectivity index (χ1n) is 10.6. The standard InChI is InChI=1S/C28H22O5/c29-27(22-12-6-2-7-13-22)31-20-26-25(33-28(30)23-14-8-3-9-15-23)19-18-24(32-26)17-16-21-10-4-1-5-11-21/h1-15,18-19,24-26H,20H2/t24-,25+,26-/m1/s1. The molecule has 0 amide bonds. The molecule has 3 aromatic rings. The lowest BCUT2D eigenvalue weighted by Gasteiger charge is -2.30. The topological polar surface area (TPSA) is 61.8 Å². The molecule has 0 aromatic heterocycles. The summed E-state index contributed by atoms with van der Waals surface area (Å²) >= 11 is 0. The third-order valence-electron chi connectivity index (χ3n) is 4.94. The van der Waals surface area contributed by atoms with Gasteiger partial charge in [-0.2, -0.15) is 0 Å². The van der Waals surface area contributed by atoms with E-state index in [4.69, 9.17) is 14.2 Å². The predicted octanol–water partition coefficient (Wildman–Crippen LogP) is 4.44. The second-order valence-electron chi connectivity index (χ2n) is 7.32. The Hall–Kier alpha value is -4.14. The van der Waals surface area contributed by atoms with Crippen LogP contribution in [-0.2, 0) is 14.2 Å². The molecule has 3 aromatic carbocycles. The maximum Gasteiger partial charge on any atom is 0.338 e. The van der Waals surface area contributed by atoms with Crippen molar-refractivity contribution >= 4 is 11.9 Å². The Bertz CT molecular complexity index is 1160. The number of hydrogen-bond acceptors (Lipinski definition) is 5. The monoisotopic (exact) mass is 438 g/mol. The Morgan fingerprint density at radius 3 is 1.97 bits per heavy atom. The summed E-state index contributed by atoms with van der Waals surface area (Å²) in [4.78, 5) is 25.0. The van der Waals surface area contributed by atoms with E-state index in [-0.39, 0.29) is 6.61 Å². The van der Waals surface area contributed by atoms with Gasteiger partial charge in [-0.3, -0.25) is 0 Å². The van der Waals surface area contributed by atoms with Gasteiger partial charge in [0.2, 0.25) is 0 Å². The average Bonchev–Trinajstić information content (AvgIpc) is 2.88. The first-order valence-corrected chi connectivity index (χ1v) is 10.6. The van der Waals surface area contributed by atoms with Gasteiger partial charge in [-0.05, 0) is 48.6 Å². The minimum Gasteiger partial charge on any atom is -0.459 e. The molecule has 0 radical (unpaired) electrons. The van der Waals surface area contributed by atoms with Crippen molar-refractivity contribution in [3.05, 3.63) is 120 Å². The van der Waals surface area contributed by atoms with E-state index in [0.717, 1.165) is 5.56 Å². The van der Waals surface area contributed by atoms with Crippen LogP contribution in [0, 0.1) is 11.8 Å². The van der Waals surface area contributed by atoms with Crippen LogP contribution in [0.3, 0.4) is 0 Å². The molecule has 3 atom stereocenters. The first kappa shape index (κ1) is 22.1. The Morgan fingerprint density at radius 2 is 1.33 bits per heavy atom. The van der Waals surface area contributed by atoms with Crippen LogP contribution in [0.15, 0.2) is 103 Å². The van der Waals surface area contributed by atoms with E-state index in [2.05, 4.69) is 11.8 Å². The maximum absolute atomic E-state index is 12.6. The largest absolute Gasteiger partial charge is 0.459 e. The van der Waals surface area contributed by atoms with Gasteiger partial charge >= 0.3 is 11.9 Å². The minimum atomic E-state index is -0.726. The van der Waals surface area contributed by atoms with Crippen molar-refractivity contribution in [2.75, 3.05) is 6.61 Å². The Balaban J connectivity index is 1.48. The zero-order chi connectivity index (χ0) is 22.9. The molecule has 0 aliphatic carbocycles. The second kappa shape index (κ2) is 10.9. The Kier molecular flexibility index (Phi) is 7.32. The zero-order valence-electron chi connectivity index (χ0n) is 17.8. The molecule has 164 valence electrons. The summed E-state index contributed by atoms with van der Waals surface area (Å²) in [5, 5.41) is 0. The molecule has 0 fully saturated rings. The molecule has 0 spiro atoms. The molecule has 0 unspecified atom stereocenters. The number of benzene rings is 3. The lowest BCUT2D eigenvalue weighted by Crippen LogP contribution is -2.41. The second-order valence-corrected chi connectivity index (χ2v) is 7.32. The van der Waals surface area contributed by atoms with E-state index >= 15 is 0 Å². The molecule has 0 saturated carbocycles. The highest BCUT2D eigenvalue weighted by Crippen LogP contribution is 2.19. The van der Waals surface area contributed by atoms with Crippen molar-refractivity contribution < 1.29 is 23.8 Å². The molecule has 0 N–H and O–H groups in total. The summed E-state index contributed by atoms with van der Waals surface area (Å²) in [5.41, 5.74) is 1.72. The molecule has 1 aliphatic rings. The Labute approximate surface area is 192 Å². The van der Waals surface area contributed by atoms with Gasteiger partial charge in [0.25, 0.3) is 0 Å². The number of ether oxygens (including phenoxy) is 3. The Morgan fingerprint density at radius 1 is 0.758 bits per heavy atom.